The molecule has 7 heteroatoms. The molecule has 2 aliphatic heterocycles. The summed E-state index contributed by atoms with van der Waals surface area (Å²) < 4.78 is 0. The minimum atomic E-state index is -0.298. The molecule has 0 aromatic carbocycles. The zero-order valence-corrected chi connectivity index (χ0v) is 18.0. The molecule has 1 unspecified atom stereocenters. The number of likely N-dealkylation sites (tertiary alicyclic amines) is 2. The van der Waals surface area contributed by atoms with Crippen molar-refractivity contribution in [1.82, 2.24) is 14.8 Å². The van der Waals surface area contributed by atoms with Gasteiger partial charge in [0.05, 0.1) is 11.6 Å². The van der Waals surface area contributed by atoms with Crippen LogP contribution in [-0.2, 0) is 16.1 Å². The van der Waals surface area contributed by atoms with Crippen LogP contribution in [0.15, 0.2) is 0 Å². The van der Waals surface area contributed by atoms with Gasteiger partial charge in [0, 0.05) is 29.9 Å². The average Bonchev–Trinajstić information content (AvgIpc) is 3.12. The van der Waals surface area contributed by atoms with E-state index in [4.69, 9.17) is 0 Å². The highest BCUT2D eigenvalue weighted by atomic mass is 32.1. The van der Waals surface area contributed by atoms with E-state index in [1.165, 1.54) is 17.7 Å². The molecule has 0 radical (unpaired) electrons. The molecule has 0 spiro atoms. The normalized spacial score (nSPS) is 22.5. The predicted molar refractivity (Wildman–Crippen MR) is 109 cm³/mol. The molecular weight excluding hydrogens is 360 g/mol. The molecule has 0 saturated carbocycles. The number of rotatable bonds is 4. The Bertz CT molecular complexity index is 701. The largest absolute Gasteiger partial charge is 0.337 e. The Hall–Kier alpha value is -1.47. The number of hydrogen-bond donors (Lipinski definition) is 1. The zero-order chi connectivity index (χ0) is 19.8. The molecule has 2 saturated heterocycles. The number of piperidine rings is 1. The second-order valence-corrected chi connectivity index (χ2v) is 10.1. The van der Waals surface area contributed by atoms with Crippen LogP contribution in [0.4, 0.5) is 5.13 Å². The summed E-state index contributed by atoms with van der Waals surface area (Å²) in [5.74, 6) is 0.480. The lowest BCUT2D eigenvalue weighted by atomic mass is 9.99. The van der Waals surface area contributed by atoms with E-state index in [9.17, 15) is 9.59 Å². The zero-order valence-electron chi connectivity index (χ0n) is 17.2. The van der Waals surface area contributed by atoms with Crippen LogP contribution in [0.2, 0.25) is 0 Å². The number of nitrogens with one attached hydrogen (secondary N) is 1. The number of aromatic nitrogens is 1. The first-order chi connectivity index (χ1) is 12.6. The van der Waals surface area contributed by atoms with E-state index in [1.807, 2.05) is 27.7 Å². The third-order valence-corrected chi connectivity index (χ3v) is 6.73. The van der Waals surface area contributed by atoms with Crippen LogP contribution in [0.3, 0.4) is 0 Å². The van der Waals surface area contributed by atoms with E-state index < -0.39 is 0 Å². The maximum absolute atomic E-state index is 12.6. The van der Waals surface area contributed by atoms with Gasteiger partial charge in [-0.25, -0.2) is 4.98 Å². The fraction of sp³-hybridized carbons (Fsp3) is 0.750. The highest BCUT2D eigenvalue weighted by Crippen LogP contribution is 2.29. The summed E-state index contributed by atoms with van der Waals surface area (Å²) in [5, 5.41) is 3.61. The van der Waals surface area contributed by atoms with Crippen molar-refractivity contribution in [3.8, 4) is 0 Å². The van der Waals surface area contributed by atoms with Gasteiger partial charge in [-0.2, -0.15) is 0 Å². The second-order valence-electron chi connectivity index (χ2n) is 9.05. The van der Waals surface area contributed by atoms with Gasteiger partial charge in [0.1, 0.15) is 0 Å². The number of carbonyl (C=O) groups excluding carboxylic acids is 2. The van der Waals surface area contributed by atoms with Crippen molar-refractivity contribution in [2.24, 2.45) is 11.8 Å². The first-order valence-corrected chi connectivity index (χ1v) is 10.7. The molecule has 6 nitrogen and oxygen atoms in total. The monoisotopic (exact) mass is 392 g/mol. The summed E-state index contributed by atoms with van der Waals surface area (Å²) in [6.45, 7) is 14.0. The molecule has 27 heavy (non-hydrogen) atoms. The lowest BCUT2D eigenvalue weighted by Gasteiger charge is -2.31. The summed E-state index contributed by atoms with van der Waals surface area (Å²) in [4.78, 5) is 34.9. The minimum absolute atomic E-state index is 0.0537. The fourth-order valence-corrected chi connectivity index (χ4v) is 4.80. The summed E-state index contributed by atoms with van der Waals surface area (Å²) in [7, 11) is 0. The first-order valence-electron chi connectivity index (χ1n) is 9.93. The standard InChI is InChI=1S/C20H32N4O2S/c1-13-6-8-23(9-7-13)12-16-14(2)21-19(27-16)22-18(26)15-10-17(25)24(11-15)20(3,4)5/h13,15H,6-12H2,1-5H3,(H,21,22,26). The Morgan fingerprint density at radius 3 is 2.56 bits per heavy atom. The minimum Gasteiger partial charge on any atom is -0.337 e. The van der Waals surface area contributed by atoms with Crippen molar-refractivity contribution in [2.75, 3.05) is 25.0 Å². The van der Waals surface area contributed by atoms with Crippen molar-refractivity contribution >= 4 is 28.3 Å². The molecular formula is C20H32N4O2S. The maximum Gasteiger partial charge on any atom is 0.231 e. The number of hydrogen-bond acceptors (Lipinski definition) is 5. The van der Waals surface area contributed by atoms with Gasteiger partial charge in [0.15, 0.2) is 5.13 Å². The Balaban J connectivity index is 1.58. The lowest BCUT2D eigenvalue weighted by molar-refractivity contribution is -0.131. The van der Waals surface area contributed by atoms with Crippen LogP contribution < -0.4 is 5.32 Å². The van der Waals surface area contributed by atoms with Crippen LogP contribution in [0.25, 0.3) is 0 Å². The van der Waals surface area contributed by atoms with Crippen molar-refractivity contribution in [3.05, 3.63) is 10.6 Å². The van der Waals surface area contributed by atoms with Crippen LogP contribution in [0.5, 0.6) is 0 Å². The number of amides is 2. The van der Waals surface area contributed by atoms with E-state index >= 15 is 0 Å². The summed E-state index contributed by atoms with van der Waals surface area (Å²) in [6, 6.07) is 0. The van der Waals surface area contributed by atoms with Crippen molar-refractivity contribution in [3.63, 3.8) is 0 Å². The first kappa shape index (κ1) is 20.3. The highest BCUT2D eigenvalue weighted by molar-refractivity contribution is 7.15. The highest BCUT2D eigenvalue weighted by Gasteiger charge is 2.39. The summed E-state index contributed by atoms with van der Waals surface area (Å²) >= 11 is 1.56. The van der Waals surface area contributed by atoms with E-state index in [0.29, 0.717) is 11.7 Å². The third-order valence-electron chi connectivity index (χ3n) is 5.67. The van der Waals surface area contributed by atoms with Crippen molar-refractivity contribution < 1.29 is 9.59 Å². The molecule has 3 heterocycles. The predicted octanol–water partition coefficient (Wildman–Crippen LogP) is 3.27. The van der Waals surface area contributed by atoms with Gasteiger partial charge in [0.2, 0.25) is 11.8 Å². The van der Waals surface area contributed by atoms with Crippen molar-refractivity contribution in [2.45, 2.75) is 66.0 Å². The second kappa shape index (κ2) is 7.87. The molecule has 0 bridgehead atoms. The van der Waals surface area contributed by atoms with Gasteiger partial charge in [0.25, 0.3) is 0 Å². The number of thiazole rings is 1. The number of carbonyl (C=O) groups is 2. The maximum atomic E-state index is 12.6. The van der Waals surface area contributed by atoms with Crippen LogP contribution in [0, 0.1) is 18.8 Å². The van der Waals surface area contributed by atoms with E-state index in [2.05, 4.69) is 22.1 Å². The van der Waals surface area contributed by atoms with Crippen LogP contribution in [-0.4, -0.2) is 51.8 Å². The molecule has 2 aliphatic rings. The summed E-state index contributed by atoms with van der Waals surface area (Å²) in [6.07, 6.45) is 2.79. The van der Waals surface area contributed by atoms with Gasteiger partial charge < -0.3 is 10.2 Å². The van der Waals surface area contributed by atoms with Crippen LogP contribution >= 0.6 is 11.3 Å². The molecule has 1 aromatic heterocycles. The van der Waals surface area contributed by atoms with Gasteiger partial charge in [-0.1, -0.05) is 6.92 Å². The molecule has 1 aromatic rings. The molecule has 3 rings (SSSR count). The quantitative estimate of drug-likeness (QED) is 0.854. The molecule has 1 N–H and O–H groups in total. The molecule has 2 amide bonds. The SMILES string of the molecule is Cc1nc(NC(=O)C2CC(=O)N(C(C)(C)C)C2)sc1CN1CCC(C)CC1. The molecule has 0 aliphatic carbocycles. The smallest absolute Gasteiger partial charge is 0.231 e. The Morgan fingerprint density at radius 1 is 1.30 bits per heavy atom. The number of anilines is 1. The number of nitrogens with zero attached hydrogens (tertiary/aromatic N) is 3. The fourth-order valence-electron chi connectivity index (χ4n) is 3.79. The van der Waals surface area contributed by atoms with Crippen molar-refractivity contribution in [1.29, 1.82) is 0 Å². The lowest BCUT2D eigenvalue weighted by Crippen LogP contribution is -2.42. The topological polar surface area (TPSA) is 65.5 Å². The molecule has 150 valence electrons. The van der Waals surface area contributed by atoms with Crippen LogP contribution in [0.1, 0.15) is 57.5 Å². The van der Waals surface area contributed by atoms with Gasteiger partial charge >= 0.3 is 0 Å². The Kier molecular flexibility index (Phi) is 5.91. The Labute approximate surface area is 166 Å². The van der Waals surface area contributed by atoms with Gasteiger partial charge in [-0.3, -0.25) is 14.5 Å². The van der Waals surface area contributed by atoms with E-state index in [1.54, 1.807) is 16.2 Å². The van der Waals surface area contributed by atoms with Gasteiger partial charge in [-0.15, -0.1) is 11.3 Å². The van der Waals surface area contributed by atoms with E-state index in [0.717, 1.165) is 31.2 Å². The molecule has 1 atom stereocenters. The Morgan fingerprint density at radius 2 is 1.96 bits per heavy atom. The molecule has 2 fully saturated rings. The van der Waals surface area contributed by atoms with Gasteiger partial charge in [-0.05, 0) is 59.5 Å². The average molecular weight is 393 g/mol. The number of aryl methyl sites for hydroxylation is 1. The summed E-state index contributed by atoms with van der Waals surface area (Å²) in [5.41, 5.74) is 0.746. The third kappa shape index (κ3) is 4.88. The van der Waals surface area contributed by atoms with E-state index in [-0.39, 0.29) is 29.7 Å².